The smallest absolute Gasteiger partial charge is 0.550 e. The standard InChI is InChI=1S/C13H27NO3.Na/c1-3-5-6-12(4-2)11-14(9-10-15)8-7-13(16)17;/h12,15H,3-11H2,1-2H3,(H,16,17);/q;+1/p-1. The Morgan fingerprint density at radius 1 is 1.33 bits per heavy atom. The van der Waals surface area contributed by atoms with Gasteiger partial charge in [0.25, 0.3) is 0 Å². The van der Waals surface area contributed by atoms with E-state index in [-0.39, 0.29) is 42.6 Å². The first kappa shape index (κ1) is 20.7. The third-order valence-corrected chi connectivity index (χ3v) is 3.11. The van der Waals surface area contributed by atoms with Crippen molar-refractivity contribution in [2.24, 2.45) is 5.92 Å². The predicted octanol–water partition coefficient (Wildman–Crippen LogP) is -2.36. The van der Waals surface area contributed by atoms with Crippen LogP contribution >= 0.6 is 0 Å². The van der Waals surface area contributed by atoms with Gasteiger partial charge in [0.2, 0.25) is 0 Å². The zero-order chi connectivity index (χ0) is 13.1. The van der Waals surface area contributed by atoms with Crippen LogP contribution in [0.1, 0.15) is 46.0 Å². The molecule has 0 spiro atoms. The van der Waals surface area contributed by atoms with Crippen molar-refractivity contribution >= 4 is 5.97 Å². The second-order valence-corrected chi connectivity index (χ2v) is 4.56. The van der Waals surface area contributed by atoms with Crippen LogP contribution in [-0.4, -0.2) is 42.2 Å². The Bertz CT molecular complexity index is 203. The number of hydrogen-bond donors (Lipinski definition) is 1. The van der Waals surface area contributed by atoms with Gasteiger partial charge in [-0.25, -0.2) is 0 Å². The van der Waals surface area contributed by atoms with E-state index >= 15 is 0 Å². The van der Waals surface area contributed by atoms with Gasteiger partial charge in [-0.15, -0.1) is 0 Å². The van der Waals surface area contributed by atoms with Crippen molar-refractivity contribution in [2.75, 3.05) is 26.2 Å². The molecule has 0 aliphatic rings. The zero-order valence-corrected chi connectivity index (χ0v) is 14.2. The van der Waals surface area contributed by atoms with E-state index in [1.807, 2.05) is 4.90 Å². The van der Waals surface area contributed by atoms with Gasteiger partial charge in [0.05, 0.1) is 6.61 Å². The molecule has 0 bridgehead atoms. The Labute approximate surface area is 133 Å². The van der Waals surface area contributed by atoms with E-state index < -0.39 is 5.97 Å². The molecule has 1 N–H and O–H groups in total. The maximum absolute atomic E-state index is 10.4. The number of aliphatic carboxylic acids is 1. The van der Waals surface area contributed by atoms with Gasteiger partial charge < -0.3 is 19.9 Å². The quantitative estimate of drug-likeness (QED) is 0.425. The minimum Gasteiger partial charge on any atom is -0.550 e. The van der Waals surface area contributed by atoms with Crippen molar-refractivity contribution in [1.29, 1.82) is 0 Å². The first-order valence-electron chi connectivity index (χ1n) is 6.67. The summed E-state index contributed by atoms with van der Waals surface area (Å²) in [4.78, 5) is 12.5. The number of rotatable bonds is 11. The molecule has 0 radical (unpaired) electrons. The molecule has 0 heterocycles. The second-order valence-electron chi connectivity index (χ2n) is 4.56. The van der Waals surface area contributed by atoms with Crippen LogP contribution in [0.5, 0.6) is 0 Å². The Balaban J connectivity index is 0. The van der Waals surface area contributed by atoms with Gasteiger partial charge in [0.1, 0.15) is 0 Å². The number of unbranched alkanes of at least 4 members (excludes halogenated alkanes) is 1. The van der Waals surface area contributed by atoms with E-state index in [0.717, 1.165) is 13.0 Å². The van der Waals surface area contributed by atoms with Crippen LogP contribution in [0.2, 0.25) is 0 Å². The summed E-state index contributed by atoms with van der Waals surface area (Å²) < 4.78 is 0. The Hall–Kier alpha value is 0.390. The van der Waals surface area contributed by atoms with Crippen LogP contribution in [0.3, 0.4) is 0 Å². The summed E-state index contributed by atoms with van der Waals surface area (Å²) in [5.74, 6) is -0.419. The largest absolute Gasteiger partial charge is 1.00 e. The molecular formula is C13H26NNaO3. The average molecular weight is 267 g/mol. The molecule has 1 atom stereocenters. The minimum atomic E-state index is -1.02. The maximum Gasteiger partial charge on any atom is 1.00 e. The Kier molecular flexibility index (Phi) is 15.9. The normalized spacial score (nSPS) is 12.2. The first-order valence-corrected chi connectivity index (χ1v) is 6.67. The van der Waals surface area contributed by atoms with E-state index in [2.05, 4.69) is 13.8 Å². The molecule has 0 aromatic rings. The van der Waals surface area contributed by atoms with Crippen LogP contribution in [0.25, 0.3) is 0 Å². The number of carbonyl (C=O) groups is 1. The minimum absolute atomic E-state index is 0. The molecule has 0 amide bonds. The maximum atomic E-state index is 10.4. The van der Waals surface area contributed by atoms with Crippen LogP contribution in [0.15, 0.2) is 0 Å². The van der Waals surface area contributed by atoms with Gasteiger partial charge >= 0.3 is 29.6 Å². The monoisotopic (exact) mass is 267 g/mol. The Morgan fingerprint density at radius 3 is 2.44 bits per heavy atom. The van der Waals surface area contributed by atoms with E-state index in [0.29, 0.717) is 19.0 Å². The molecule has 1 unspecified atom stereocenters. The van der Waals surface area contributed by atoms with Crippen molar-refractivity contribution < 1.29 is 44.6 Å². The van der Waals surface area contributed by atoms with Gasteiger partial charge in [-0.3, -0.25) is 0 Å². The number of aliphatic hydroxyl groups excluding tert-OH is 1. The molecule has 0 aliphatic heterocycles. The summed E-state index contributed by atoms with van der Waals surface area (Å²) in [5.41, 5.74) is 0. The summed E-state index contributed by atoms with van der Waals surface area (Å²) in [6.07, 6.45) is 4.74. The molecule has 102 valence electrons. The van der Waals surface area contributed by atoms with Crippen LogP contribution < -0.4 is 34.7 Å². The van der Waals surface area contributed by atoms with E-state index in [9.17, 15) is 9.90 Å². The van der Waals surface area contributed by atoms with E-state index in [4.69, 9.17) is 5.11 Å². The number of aliphatic hydroxyl groups is 1. The molecular weight excluding hydrogens is 241 g/mol. The number of carbonyl (C=O) groups excluding carboxylic acids is 1. The van der Waals surface area contributed by atoms with Gasteiger partial charge in [0.15, 0.2) is 0 Å². The number of hydrogen-bond acceptors (Lipinski definition) is 4. The van der Waals surface area contributed by atoms with Crippen LogP contribution in [0.4, 0.5) is 0 Å². The van der Waals surface area contributed by atoms with Crippen molar-refractivity contribution in [2.45, 2.75) is 46.0 Å². The Morgan fingerprint density at radius 2 is 2.00 bits per heavy atom. The number of carboxylic acids is 1. The van der Waals surface area contributed by atoms with Gasteiger partial charge in [-0.1, -0.05) is 33.1 Å². The zero-order valence-electron chi connectivity index (χ0n) is 12.2. The summed E-state index contributed by atoms with van der Waals surface area (Å²) in [7, 11) is 0. The molecule has 18 heavy (non-hydrogen) atoms. The van der Waals surface area contributed by atoms with Crippen LogP contribution in [-0.2, 0) is 4.79 Å². The molecule has 0 aromatic carbocycles. The molecule has 0 aliphatic carbocycles. The fourth-order valence-corrected chi connectivity index (χ4v) is 1.97. The summed E-state index contributed by atoms with van der Waals surface area (Å²) in [5, 5.41) is 19.4. The predicted molar refractivity (Wildman–Crippen MR) is 66.5 cm³/mol. The number of nitrogens with zero attached hydrogens (tertiary/aromatic N) is 1. The van der Waals surface area contributed by atoms with Crippen molar-refractivity contribution in [3.63, 3.8) is 0 Å². The summed E-state index contributed by atoms with van der Waals surface area (Å²) in [6, 6.07) is 0. The SMILES string of the molecule is CCCCC(CC)CN(CCO)CCC(=O)[O-].[Na+]. The first-order chi connectivity index (χ1) is 8.13. The van der Waals surface area contributed by atoms with Crippen molar-refractivity contribution in [1.82, 2.24) is 4.90 Å². The molecule has 0 saturated heterocycles. The molecule has 0 aromatic heterocycles. The molecule has 0 fully saturated rings. The topological polar surface area (TPSA) is 63.6 Å². The summed E-state index contributed by atoms with van der Waals surface area (Å²) >= 11 is 0. The third kappa shape index (κ3) is 11.5. The number of carboxylic acid groups (broad SMARTS) is 1. The van der Waals surface area contributed by atoms with Gasteiger partial charge in [0, 0.05) is 25.6 Å². The molecule has 5 heteroatoms. The van der Waals surface area contributed by atoms with E-state index in [1.165, 1.54) is 19.3 Å². The average Bonchev–Trinajstić information content (AvgIpc) is 2.31. The molecule has 4 nitrogen and oxygen atoms in total. The fourth-order valence-electron chi connectivity index (χ4n) is 1.97. The van der Waals surface area contributed by atoms with Gasteiger partial charge in [-0.05, 0) is 18.8 Å². The van der Waals surface area contributed by atoms with Gasteiger partial charge in [-0.2, -0.15) is 0 Å². The van der Waals surface area contributed by atoms with Crippen LogP contribution in [0, 0.1) is 5.92 Å². The molecule has 0 rings (SSSR count). The van der Waals surface area contributed by atoms with Crippen molar-refractivity contribution in [3.05, 3.63) is 0 Å². The van der Waals surface area contributed by atoms with E-state index in [1.54, 1.807) is 0 Å². The third-order valence-electron chi connectivity index (χ3n) is 3.11. The summed E-state index contributed by atoms with van der Waals surface area (Å²) in [6.45, 7) is 6.33. The fraction of sp³-hybridized carbons (Fsp3) is 0.923. The molecule has 0 saturated carbocycles. The van der Waals surface area contributed by atoms with Crippen molar-refractivity contribution in [3.8, 4) is 0 Å². The second kappa shape index (κ2) is 13.8.